The Balaban J connectivity index is 0.00000149. The summed E-state index contributed by atoms with van der Waals surface area (Å²) in [5.41, 5.74) is 6.48. The first kappa shape index (κ1) is 21.7. The molecule has 0 aliphatic heterocycles. The standard InChI is InChI=1S/C16H32N2O2.CH2O2/c1-5-6-7-8-20-14(19)18-12-16(4)10-13(17)9-15(2,3)11-16;2-1-3/h13H,5-12,17H2,1-4H3,(H,18,19);1H,(H,2,3). The number of ether oxygens (including phenoxy) is 1. The molecule has 0 saturated heterocycles. The normalized spacial score (nSPS) is 25.7. The second-order valence-corrected chi connectivity index (χ2v) is 7.62. The molecule has 0 heterocycles. The van der Waals surface area contributed by atoms with Crippen molar-refractivity contribution < 1.29 is 19.4 Å². The van der Waals surface area contributed by atoms with Crippen LogP contribution < -0.4 is 11.1 Å². The Bertz CT molecular complexity index is 361. The summed E-state index contributed by atoms with van der Waals surface area (Å²) in [5.74, 6) is 0. The smallest absolute Gasteiger partial charge is 0.407 e. The van der Waals surface area contributed by atoms with Crippen LogP contribution in [0.5, 0.6) is 0 Å². The van der Waals surface area contributed by atoms with Gasteiger partial charge in [-0.15, -0.1) is 0 Å². The van der Waals surface area contributed by atoms with Gasteiger partial charge in [-0.05, 0) is 36.5 Å². The maximum atomic E-state index is 11.7. The summed E-state index contributed by atoms with van der Waals surface area (Å²) in [6.45, 7) is 9.78. The van der Waals surface area contributed by atoms with Gasteiger partial charge in [0.15, 0.2) is 0 Å². The molecule has 6 nitrogen and oxygen atoms in total. The fourth-order valence-electron chi connectivity index (χ4n) is 3.70. The topological polar surface area (TPSA) is 102 Å². The van der Waals surface area contributed by atoms with Gasteiger partial charge in [-0.1, -0.05) is 40.5 Å². The van der Waals surface area contributed by atoms with Crippen LogP contribution in [0.2, 0.25) is 0 Å². The highest BCUT2D eigenvalue weighted by Crippen LogP contribution is 2.45. The molecule has 1 saturated carbocycles. The van der Waals surface area contributed by atoms with Crippen molar-refractivity contribution in [2.75, 3.05) is 13.2 Å². The largest absolute Gasteiger partial charge is 0.483 e. The number of nitrogens with two attached hydrogens (primary N) is 1. The number of alkyl carbamates (subject to hydrolysis) is 1. The minimum atomic E-state index is -0.292. The molecule has 0 aromatic rings. The molecule has 6 heteroatoms. The first-order valence-corrected chi connectivity index (χ1v) is 8.42. The number of hydrogen-bond acceptors (Lipinski definition) is 4. The number of rotatable bonds is 6. The SMILES string of the molecule is CCCCCOC(=O)NCC1(C)CC(N)CC(C)(C)C1.O=CO. The van der Waals surface area contributed by atoms with Crippen LogP contribution in [-0.2, 0) is 9.53 Å². The molecule has 1 amide bonds. The summed E-state index contributed by atoms with van der Waals surface area (Å²) in [4.78, 5) is 20.0. The number of carboxylic acid groups (broad SMARTS) is 1. The molecule has 23 heavy (non-hydrogen) atoms. The maximum Gasteiger partial charge on any atom is 0.407 e. The van der Waals surface area contributed by atoms with Crippen molar-refractivity contribution in [3.63, 3.8) is 0 Å². The van der Waals surface area contributed by atoms with Crippen molar-refractivity contribution in [1.82, 2.24) is 5.32 Å². The lowest BCUT2D eigenvalue weighted by molar-refractivity contribution is -0.122. The Morgan fingerprint density at radius 2 is 1.96 bits per heavy atom. The van der Waals surface area contributed by atoms with Crippen LogP contribution in [0, 0.1) is 10.8 Å². The van der Waals surface area contributed by atoms with Gasteiger partial charge in [-0.2, -0.15) is 0 Å². The van der Waals surface area contributed by atoms with E-state index >= 15 is 0 Å². The number of nitrogens with one attached hydrogen (secondary N) is 1. The van der Waals surface area contributed by atoms with Gasteiger partial charge in [0.25, 0.3) is 6.47 Å². The monoisotopic (exact) mass is 330 g/mol. The van der Waals surface area contributed by atoms with Crippen molar-refractivity contribution >= 4 is 12.6 Å². The molecule has 0 bridgehead atoms. The van der Waals surface area contributed by atoms with E-state index < -0.39 is 0 Å². The third-order valence-electron chi connectivity index (χ3n) is 4.12. The summed E-state index contributed by atoms with van der Waals surface area (Å²) < 4.78 is 5.18. The molecule has 136 valence electrons. The zero-order valence-electron chi connectivity index (χ0n) is 15.1. The molecular formula is C17H34N2O4. The number of carbonyl (C=O) groups is 2. The second kappa shape index (κ2) is 10.5. The summed E-state index contributed by atoms with van der Waals surface area (Å²) in [5, 5.41) is 9.80. The first-order chi connectivity index (χ1) is 10.7. The fourth-order valence-corrected chi connectivity index (χ4v) is 3.70. The summed E-state index contributed by atoms with van der Waals surface area (Å²) in [7, 11) is 0. The van der Waals surface area contributed by atoms with Crippen molar-refractivity contribution in [3.8, 4) is 0 Å². The van der Waals surface area contributed by atoms with E-state index in [4.69, 9.17) is 20.4 Å². The molecule has 1 aliphatic carbocycles. The highest BCUT2D eigenvalue weighted by atomic mass is 16.5. The Morgan fingerprint density at radius 3 is 2.48 bits per heavy atom. The molecule has 0 radical (unpaired) electrons. The predicted molar refractivity (Wildman–Crippen MR) is 91.3 cm³/mol. The lowest BCUT2D eigenvalue weighted by Crippen LogP contribution is -2.47. The summed E-state index contributed by atoms with van der Waals surface area (Å²) in [6, 6.07) is 0.228. The van der Waals surface area contributed by atoms with E-state index in [9.17, 15) is 4.79 Å². The van der Waals surface area contributed by atoms with E-state index in [2.05, 4.69) is 33.0 Å². The van der Waals surface area contributed by atoms with Crippen molar-refractivity contribution in [1.29, 1.82) is 0 Å². The number of hydrogen-bond donors (Lipinski definition) is 3. The van der Waals surface area contributed by atoms with Crippen molar-refractivity contribution in [2.24, 2.45) is 16.6 Å². The van der Waals surface area contributed by atoms with Crippen LogP contribution in [0.15, 0.2) is 0 Å². The zero-order chi connectivity index (χ0) is 17.9. The number of carbonyl (C=O) groups excluding carboxylic acids is 1. The molecule has 0 spiro atoms. The molecule has 0 aromatic carbocycles. The minimum absolute atomic E-state index is 0.0730. The molecular weight excluding hydrogens is 296 g/mol. The van der Waals surface area contributed by atoms with Gasteiger partial charge in [-0.25, -0.2) is 4.79 Å². The third kappa shape index (κ3) is 10.2. The summed E-state index contributed by atoms with van der Waals surface area (Å²) in [6.07, 6.45) is 6.00. The summed E-state index contributed by atoms with van der Waals surface area (Å²) >= 11 is 0. The Labute approximate surface area is 140 Å². The van der Waals surface area contributed by atoms with Crippen LogP contribution in [0.3, 0.4) is 0 Å². The van der Waals surface area contributed by atoms with E-state index in [1.165, 1.54) is 0 Å². The van der Waals surface area contributed by atoms with Gasteiger partial charge < -0.3 is 20.9 Å². The van der Waals surface area contributed by atoms with Crippen LogP contribution in [0.1, 0.15) is 66.2 Å². The van der Waals surface area contributed by atoms with Gasteiger partial charge in [0.1, 0.15) is 0 Å². The van der Waals surface area contributed by atoms with Crippen LogP contribution in [-0.4, -0.2) is 36.9 Å². The van der Waals surface area contributed by atoms with E-state index in [-0.39, 0.29) is 29.4 Å². The lowest BCUT2D eigenvalue weighted by atomic mass is 9.63. The first-order valence-electron chi connectivity index (χ1n) is 8.42. The van der Waals surface area contributed by atoms with Gasteiger partial charge >= 0.3 is 6.09 Å². The average Bonchev–Trinajstić information content (AvgIpc) is 2.40. The average molecular weight is 330 g/mol. The quantitative estimate of drug-likeness (QED) is 0.513. The van der Waals surface area contributed by atoms with Gasteiger partial charge in [0, 0.05) is 12.6 Å². The minimum Gasteiger partial charge on any atom is -0.483 e. The zero-order valence-corrected chi connectivity index (χ0v) is 15.1. The highest BCUT2D eigenvalue weighted by molar-refractivity contribution is 5.67. The third-order valence-corrected chi connectivity index (χ3v) is 4.12. The maximum absolute atomic E-state index is 11.7. The molecule has 2 atom stereocenters. The second-order valence-electron chi connectivity index (χ2n) is 7.62. The van der Waals surface area contributed by atoms with Crippen molar-refractivity contribution in [2.45, 2.75) is 72.3 Å². The van der Waals surface area contributed by atoms with Crippen molar-refractivity contribution in [3.05, 3.63) is 0 Å². The van der Waals surface area contributed by atoms with E-state index in [0.717, 1.165) is 38.5 Å². The Hall–Kier alpha value is -1.30. The van der Waals surface area contributed by atoms with E-state index in [1.807, 2.05) is 0 Å². The van der Waals surface area contributed by atoms with Gasteiger partial charge in [0.2, 0.25) is 0 Å². The van der Waals surface area contributed by atoms with Crippen LogP contribution >= 0.6 is 0 Å². The molecule has 1 fully saturated rings. The molecule has 2 unspecified atom stereocenters. The molecule has 1 rings (SSSR count). The van der Waals surface area contributed by atoms with Crippen LogP contribution in [0.25, 0.3) is 0 Å². The van der Waals surface area contributed by atoms with E-state index in [1.54, 1.807) is 0 Å². The lowest BCUT2D eigenvalue weighted by Gasteiger charge is -2.45. The molecule has 4 N–H and O–H groups in total. The molecule has 0 aromatic heterocycles. The number of unbranched alkanes of at least 4 members (excludes halogenated alkanes) is 2. The van der Waals surface area contributed by atoms with Gasteiger partial charge in [-0.3, -0.25) is 4.79 Å². The fraction of sp³-hybridized carbons (Fsp3) is 0.882. The Kier molecular flexibility index (Phi) is 9.88. The van der Waals surface area contributed by atoms with E-state index in [0.29, 0.717) is 13.2 Å². The molecule has 1 aliphatic rings. The highest BCUT2D eigenvalue weighted by Gasteiger charge is 2.40. The Morgan fingerprint density at radius 1 is 1.35 bits per heavy atom. The van der Waals surface area contributed by atoms with Gasteiger partial charge in [0.05, 0.1) is 6.61 Å². The number of amides is 1. The predicted octanol–water partition coefficient (Wildman–Crippen LogP) is 3.15. The van der Waals surface area contributed by atoms with Crippen LogP contribution in [0.4, 0.5) is 4.79 Å².